The number of likely N-dealkylation sites (tertiary alicyclic amines) is 1. The number of nitrogens with zero attached hydrogens (tertiary/aromatic N) is 3. The summed E-state index contributed by atoms with van der Waals surface area (Å²) in [4.78, 5) is 31.0. The third kappa shape index (κ3) is 6.11. The molecule has 0 saturated carbocycles. The number of nitrogens with one attached hydrogen (secondary N) is 3. The summed E-state index contributed by atoms with van der Waals surface area (Å²) in [7, 11) is 0. The van der Waals surface area contributed by atoms with E-state index >= 15 is 0 Å². The fraction of sp³-hybridized carbons (Fsp3) is 0.378. The maximum absolute atomic E-state index is 12.8. The number of carbonyl (C=O) groups excluding carboxylic acids is 1. The van der Waals surface area contributed by atoms with Crippen molar-refractivity contribution >= 4 is 17.1 Å². The van der Waals surface area contributed by atoms with Gasteiger partial charge in [-0.15, -0.1) is 0 Å². The monoisotopic (exact) mass is 618 g/mol. The number of H-pyrrole nitrogens is 2. The topological polar surface area (TPSA) is 108 Å². The Morgan fingerprint density at radius 1 is 1.04 bits per heavy atom. The summed E-state index contributed by atoms with van der Waals surface area (Å²) in [5.41, 5.74) is 9.05. The number of aromatic nitrogens is 4. The summed E-state index contributed by atoms with van der Waals surface area (Å²) in [5.74, 6) is 2.63. The molecule has 5 aromatic rings. The fourth-order valence-corrected chi connectivity index (χ4v) is 6.42. The SMILES string of the molecule is CCCCNCc1nc2ccc(-c3ccc4c(c3)OCc3cc(-c5cnc([C@@H]6CCCN6C(=O)OC(C)(C)C)[nH]5)ccc3-4)cc2[nH]1. The molecule has 2 aliphatic rings. The van der Waals surface area contributed by atoms with E-state index in [0.717, 1.165) is 87.9 Å². The Balaban J connectivity index is 1.08. The van der Waals surface area contributed by atoms with E-state index in [4.69, 9.17) is 14.5 Å². The molecule has 3 N–H and O–H groups in total. The van der Waals surface area contributed by atoms with Gasteiger partial charge in [0.1, 0.15) is 29.6 Å². The predicted octanol–water partition coefficient (Wildman–Crippen LogP) is 8.14. The second-order valence-corrected chi connectivity index (χ2v) is 13.3. The summed E-state index contributed by atoms with van der Waals surface area (Å²) >= 11 is 0. The van der Waals surface area contributed by atoms with Crippen LogP contribution < -0.4 is 10.1 Å². The van der Waals surface area contributed by atoms with Crippen molar-refractivity contribution in [3.63, 3.8) is 0 Å². The average molecular weight is 619 g/mol. The number of aromatic amines is 2. The third-order valence-corrected chi connectivity index (χ3v) is 8.73. The molecule has 0 radical (unpaired) electrons. The summed E-state index contributed by atoms with van der Waals surface area (Å²) in [6.07, 6.45) is 5.69. The lowest BCUT2D eigenvalue weighted by molar-refractivity contribution is 0.0218. The van der Waals surface area contributed by atoms with Crippen molar-refractivity contribution in [3.05, 3.63) is 78.0 Å². The Kier molecular flexibility index (Phi) is 8.02. The van der Waals surface area contributed by atoms with Crippen LogP contribution in [0.5, 0.6) is 5.75 Å². The first-order valence-corrected chi connectivity index (χ1v) is 16.4. The molecule has 3 aromatic carbocycles. The Morgan fingerprint density at radius 2 is 1.85 bits per heavy atom. The third-order valence-electron chi connectivity index (χ3n) is 8.73. The molecule has 2 aromatic heterocycles. The van der Waals surface area contributed by atoms with E-state index in [9.17, 15) is 4.79 Å². The first-order chi connectivity index (χ1) is 22.3. The van der Waals surface area contributed by atoms with Crippen molar-refractivity contribution in [1.82, 2.24) is 30.2 Å². The Labute approximate surface area is 269 Å². The molecule has 0 aliphatic carbocycles. The van der Waals surface area contributed by atoms with Gasteiger partial charge in [0.25, 0.3) is 0 Å². The second kappa shape index (κ2) is 12.3. The minimum atomic E-state index is -0.534. The van der Waals surface area contributed by atoms with Crippen LogP contribution in [0.2, 0.25) is 0 Å². The quantitative estimate of drug-likeness (QED) is 0.152. The van der Waals surface area contributed by atoms with Gasteiger partial charge in [-0.1, -0.05) is 43.7 Å². The van der Waals surface area contributed by atoms with Crippen LogP contribution in [-0.4, -0.2) is 49.6 Å². The van der Waals surface area contributed by atoms with Gasteiger partial charge in [0.05, 0.1) is 35.5 Å². The number of hydrogen-bond acceptors (Lipinski definition) is 6. The molecule has 238 valence electrons. The van der Waals surface area contributed by atoms with Gasteiger partial charge in [-0.2, -0.15) is 0 Å². The lowest BCUT2D eigenvalue weighted by Gasteiger charge is -2.27. The van der Waals surface area contributed by atoms with Gasteiger partial charge in [0.15, 0.2) is 0 Å². The van der Waals surface area contributed by atoms with Crippen LogP contribution in [0.4, 0.5) is 4.79 Å². The van der Waals surface area contributed by atoms with Crippen LogP contribution in [0.15, 0.2) is 60.8 Å². The standard InChI is InChI=1S/C37H42N6O3/c1-5-6-15-38-21-34-40-29-14-11-23(18-30(29)41-34)24-9-13-28-27-12-10-25(17-26(27)22-45-33(28)19-24)31-20-39-35(42-31)32-8-7-16-43(32)36(44)46-37(2,3)4/h9-14,17-20,32,38H,5-8,15-16,21-22H2,1-4H3,(H,39,42)(H,40,41)/t32-/m0/s1. The highest BCUT2D eigenvalue weighted by molar-refractivity contribution is 5.85. The maximum atomic E-state index is 12.8. The molecule has 9 heteroatoms. The maximum Gasteiger partial charge on any atom is 0.410 e. The van der Waals surface area contributed by atoms with Crippen LogP contribution in [0, 0.1) is 0 Å². The van der Waals surface area contributed by atoms with Gasteiger partial charge in [0.2, 0.25) is 0 Å². The van der Waals surface area contributed by atoms with Gasteiger partial charge in [-0.3, -0.25) is 4.90 Å². The van der Waals surface area contributed by atoms with E-state index in [1.165, 1.54) is 18.4 Å². The largest absolute Gasteiger partial charge is 0.488 e. The Morgan fingerprint density at radius 3 is 2.70 bits per heavy atom. The van der Waals surface area contributed by atoms with E-state index in [2.05, 4.69) is 81.8 Å². The summed E-state index contributed by atoms with van der Waals surface area (Å²) in [6, 6.07) is 19.2. The highest BCUT2D eigenvalue weighted by Crippen LogP contribution is 2.41. The fourth-order valence-electron chi connectivity index (χ4n) is 6.42. The van der Waals surface area contributed by atoms with Crippen molar-refractivity contribution in [1.29, 1.82) is 0 Å². The number of hydrogen-bond donors (Lipinski definition) is 3. The van der Waals surface area contributed by atoms with Gasteiger partial charge >= 0.3 is 6.09 Å². The van der Waals surface area contributed by atoms with E-state index in [-0.39, 0.29) is 12.1 Å². The Bertz CT molecular complexity index is 1880. The lowest BCUT2D eigenvalue weighted by atomic mass is 9.92. The second-order valence-electron chi connectivity index (χ2n) is 13.3. The van der Waals surface area contributed by atoms with E-state index < -0.39 is 5.60 Å². The zero-order valence-electron chi connectivity index (χ0n) is 27.1. The number of benzene rings is 3. The van der Waals surface area contributed by atoms with Crippen molar-refractivity contribution in [2.75, 3.05) is 13.1 Å². The van der Waals surface area contributed by atoms with Crippen molar-refractivity contribution in [3.8, 4) is 39.3 Å². The number of unbranched alkanes of at least 4 members (excludes halogenated alkanes) is 1. The molecule has 7 rings (SSSR count). The van der Waals surface area contributed by atoms with Gasteiger partial charge in [0, 0.05) is 12.1 Å². The zero-order valence-corrected chi connectivity index (χ0v) is 27.1. The van der Waals surface area contributed by atoms with Gasteiger partial charge < -0.3 is 24.8 Å². The first kappa shape index (κ1) is 30.0. The van der Waals surface area contributed by atoms with Gasteiger partial charge in [-0.05, 0) is 98.7 Å². The number of rotatable bonds is 8. The summed E-state index contributed by atoms with van der Waals surface area (Å²) in [6.45, 7) is 10.8. The molecule has 0 bridgehead atoms. The Hall–Kier alpha value is -4.63. The molecule has 0 spiro atoms. The average Bonchev–Trinajstić information content (AvgIpc) is 3.81. The first-order valence-electron chi connectivity index (χ1n) is 16.4. The highest BCUT2D eigenvalue weighted by atomic mass is 16.6. The predicted molar refractivity (Wildman–Crippen MR) is 180 cm³/mol. The molecule has 1 atom stereocenters. The van der Waals surface area contributed by atoms with Crippen LogP contribution in [0.25, 0.3) is 44.5 Å². The molecule has 46 heavy (non-hydrogen) atoms. The molecular weight excluding hydrogens is 576 g/mol. The van der Waals surface area contributed by atoms with Crippen molar-refractivity contribution in [2.24, 2.45) is 0 Å². The minimum Gasteiger partial charge on any atom is -0.488 e. The molecule has 9 nitrogen and oxygen atoms in total. The van der Waals surface area contributed by atoms with Crippen LogP contribution in [0.1, 0.15) is 76.6 Å². The zero-order chi connectivity index (χ0) is 31.8. The number of imidazole rings is 2. The van der Waals surface area contributed by atoms with Gasteiger partial charge in [-0.25, -0.2) is 14.8 Å². The number of carbonyl (C=O) groups is 1. The van der Waals surface area contributed by atoms with Crippen molar-refractivity contribution < 1.29 is 14.3 Å². The molecule has 1 saturated heterocycles. The van der Waals surface area contributed by atoms with E-state index in [1.54, 1.807) is 4.90 Å². The van der Waals surface area contributed by atoms with Crippen LogP contribution in [-0.2, 0) is 17.9 Å². The number of ether oxygens (including phenoxy) is 2. The number of fused-ring (bicyclic) bond motifs is 4. The molecular formula is C37H42N6O3. The van der Waals surface area contributed by atoms with E-state index in [1.807, 2.05) is 27.0 Å². The van der Waals surface area contributed by atoms with Crippen molar-refractivity contribution in [2.45, 2.75) is 78.2 Å². The molecule has 4 heterocycles. The summed E-state index contributed by atoms with van der Waals surface area (Å²) in [5, 5.41) is 3.46. The molecule has 1 amide bonds. The lowest BCUT2D eigenvalue weighted by Crippen LogP contribution is -2.36. The normalized spacial score (nSPS) is 15.9. The minimum absolute atomic E-state index is 0.116. The van der Waals surface area contributed by atoms with E-state index in [0.29, 0.717) is 13.2 Å². The summed E-state index contributed by atoms with van der Waals surface area (Å²) < 4.78 is 12.0. The van der Waals surface area contributed by atoms with Crippen LogP contribution in [0.3, 0.4) is 0 Å². The smallest absolute Gasteiger partial charge is 0.410 e. The number of amides is 1. The highest BCUT2D eigenvalue weighted by Gasteiger charge is 2.35. The van der Waals surface area contributed by atoms with Crippen LogP contribution >= 0.6 is 0 Å². The molecule has 2 aliphatic heterocycles. The molecule has 0 unspecified atom stereocenters. The molecule has 1 fully saturated rings.